The van der Waals surface area contributed by atoms with Gasteiger partial charge < -0.3 is 9.30 Å². The first kappa shape index (κ1) is 13.2. The monoisotopic (exact) mass is 256 g/mol. The van der Waals surface area contributed by atoms with Crippen molar-refractivity contribution in [2.24, 2.45) is 0 Å². The lowest BCUT2D eigenvalue weighted by atomic mass is 10.1. The maximum Gasteiger partial charge on any atom is 0.258 e. The maximum atomic E-state index is 12.2. The number of nitriles is 1. The molecule has 2 rings (SSSR count). The number of hydrogen-bond acceptors (Lipinski definition) is 3. The number of aryl methyl sites for hydroxylation is 1. The molecule has 19 heavy (non-hydrogen) atoms. The summed E-state index contributed by atoms with van der Waals surface area (Å²) >= 11 is 0. The van der Waals surface area contributed by atoms with Gasteiger partial charge in [0, 0.05) is 24.5 Å². The summed E-state index contributed by atoms with van der Waals surface area (Å²) < 4.78 is 7.07. The molecule has 98 valence electrons. The standard InChI is InChI=1S/C15H16N2O2/c1-2-19-13-5-6-14-12(11-13)7-10-17(15(14)18)9-4-3-8-16/h5-7,10-11H,2-4,9H2,1H3. The zero-order valence-corrected chi connectivity index (χ0v) is 10.9. The highest BCUT2D eigenvalue weighted by Crippen LogP contribution is 2.18. The lowest BCUT2D eigenvalue weighted by Gasteiger charge is -2.08. The summed E-state index contributed by atoms with van der Waals surface area (Å²) in [7, 11) is 0. The van der Waals surface area contributed by atoms with Gasteiger partial charge in [-0.3, -0.25) is 4.79 Å². The average molecular weight is 256 g/mol. The van der Waals surface area contributed by atoms with Crippen LogP contribution in [0.2, 0.25) is 0 Å². The predicted molar refractivity (Wildman–Crippen MR) is 74.2 cm³/mol. The largest absolute Gasteiger partial charge is 0.494 e. The second kappa shape index (κ2) is 6.05. The van der Waals surface area contributed by atoms with Crippen LogP contribution in [0.4, 0.5) is 0 Å². The Morgan fingerprint density at radius 2 is 2.21 bits per heavy atom. The van der Waals surface area contributed by atoms with Gasteiger partial charge in [0.2, 0.25) is 0 Å². The van der Waals surface area contributed by atoms with E-state index in [0.29, 0.717) is 31.4 Å². The molecular formula is C15H16N2O2. The molecule has 0 saturated heterocycles. The summed E-state index contributed by atoms with van der Waals surface area (Å²) in [6.45, 7) is 3.11. The summed E-state index contributed by atoms with van der Waals surface area (Å²) in [5.74, 6) is 0.775. The molecule has 1 aromatic heterocycles. The van der Waals surface area contributed by atoms with Gasteiger partial charge in [0.05, 0.1) is 12.7 Å². The zero-order chi connectivity index (χ0) is 13.7. The number of ether oxygens (including phenoxy) is 1. The van der Waals surface area contributed by atoms with E-state index in [1.54, 1.807) is 16.8 Å². The molecular weight excluding hydrogens is 240 g/mol. The Morgan fingerprint density at radius 1 is 1.37 bits per heavy atom. The number of rotatable bonds is 5. The van der Waals surface area contributed by atoms with Crippen molar-refractivity contribution in [2.75, 3.05) is 6.61 Å². The van der Waals surface area contributed by atoms with Crippen molar-refractivity contribution in [1.29, 1.82) is 5.26 Å². The summed E-state index contributed by atoms with van der Waals surface area (Å²) in [5.41, 5.74) is -0.0153. The highest BCUT2D eigenvalue weighted by Gasteiger charge is 2.04. The van der Waals surface area contributed by atoms with Crippen molar-refractivity contribution in [3.8, 4) is 11.8 Å². The summed E-state index contributed by atoms with van der Waals surface area (Å²) in [4.78, 5) is 12.2. The number of hydrogen-bond donors (Lipinski definition) is 0. The van der Waals surface area contributed by atoms with Gasteiger partial charge in [-0.1, -0.05) is 0 Å². The molecule has 0 aliphatic carbocycles. The van der Waals surface area contributed by atoms with Gasteiger partial charge in [-0.15, -0.1) is 0 Å². The summed E-state index contributed by atoms with van der Waals surface area (Å²) in [6, 6.07) is 9.47. The fourth-order valence-corrected chi connectivity index (χ4v) is 2.03. The summed E-state index contributed by atoms with van der Waals surface area (Å²) in [5, 5.41) is 10.1. The first-order valence-corrected chi connectivity index (χ1v) is 6.39. The predicted octanol–water partition coefficient (Wildman–Crippen LogP) is 2.70. The molecule has 2 aromatic rings. The number of aromatic nitrogens is 1. The van der Waals surface area contributed by atoms with E-state index in [-0.39, 0.29) is 5.56 Å². The lowest BCUT2D eigenvalue weighted by molar-refractivity contribution is 0.340. The van der Waals surface area contributed by atoms with Crippen LogP contribution in [-0.2, 0) is 6.54 Å². The highest BCUT2D eigenvalue weighted by molar-refractivity contribution is 5.82. The van der Waals surface area contributed by atoms with E-state index in [1.807, 2.05) is 25.1 Å². The van der Waals surface area contributed by atoms with Crippen LogP contribution < -0.4 is 10.3 Å². The van der Waals surface area contributed by atoms with E-state index in [2.05, 4.69) is 6.07 Å². The van der Waals surface area contributed by atoms with Crippen LogP contribution in [0.5, 0.6) is 5.75 Å². The van der Waals surface area contributed by atoms with Crippen LogP contribution >= 0.6 is 0 Å². The Morgan fingerprint density at radius 3 is 2.95 bits per heavy atom. The van der Waals surface area contributed by atoms with Crippen molar-refractivity contribution in [3.05, 3.63) is 40.8 Å². The molecule has 0 unspecified atom stereocenters. The molecule has 4 heteroatoms. The van der Waals surface area contributed by atoms with Gasteiger partial charge in [-0.2, -0.15) is 5.26 Å². The molecule has 0 atom stereocenters. The molecule has 0 aliphatic heterocycles. The minimum atomic E-state index is -0.0153. The lowest BCUT2D eigenvalue weighted by Crippen LogP contribution is -2.19. The third-order valence-corrected chi connectivity index (χ3v) is 2.95. The molecule has 0 aliphatic rings. The number of nitrogens with zero attached hydrogens (tertiary/aromatic N) is 2. The molecule has 0 spiro atoms. The van der Waals surface area contributed by atoms with Crippen LogP contribution in [0, 0.1) is 11.3 Å². The van der Waals surface area contributed by atoms with Gasteiger partial charge in [0.25, 0.3) is 5.56 Å². The third-order valence-electron chi connectivity index (χ3n) is 2.95. The van der Waals surface area contributed by atoms with Gasteiger partial charge in [-0.25, -0.2) is 0 Å². The van der Waals surface area contributed by atoms with E-state index >= 15 is 0 Å². The van der Waals surface area contributed by atoms with Crippen molar-refractivity contribution < 1.29 is 4.74 Å². The van der Waals surface area contributed by atoms with Crippen molar-refractivity contribution >= 4 is 10.8 Å². The van der Waals surface area contributed by atoms with Crippen LogP contribution in [0.1, 0.15) is 19.8 Å². The fraction of sp³-hybridized carbons (Fsp3) is 0.333. The van der Waals surface area contributed by atoms with Crippen LogP contribution in [0.15, 0.2) is 35.3 Å². The Bertz CT molecular complexity index is 668. The van der Waals surface area contributed by atoms with E-state index in [4.69, 9.17) is 10.00 Å². The van der Waals surface area contributed by atoms with Gasteiger partial charge in [-0.05, 0) is 43.0 Å². The molecule has 1 heterocycles. The van der Waals surface area contributed by atoms with Gasteiger partial charge in [0.1, 0.15) is 5.75 Å². The highest BCUT2D eigenvalue weighted by atomic mass is 16.5. The SMILES string of the molecule is CCOc1ccc2c(=O)n(CCCC#N)ccc2c1. The molecule has 0 radical (unpaired) electrons. The molecule has 1 aromatic carbocycles. The second-order valence-corrected chi connectivity index (χ2v) is 4.26. The van der Waals surface area contributed by atoms with Crippen molar-refractivity contribution in [1.82, 2.24) is 4.57 Å². The topological polar surface area (TPSA) is 55.0 Å². The first-order chi connectivity index (χ1) is 9.26. The van der Waals surface area contributed by atoms with Crippen molar-refractivity contribution in [2.45, 2.75) is 26.3 Å². The Kier molecular flexibility index (Phi) is 4.19. The van der Waals surface area contributed by atoms with Crippen molar-refractivity contribution in [3.63, 3.8) is 0 Å². The molecule has 0 N–H and O–H groups in total. The fourth-order valence-electron chi connectivity index (χ4n) is 2.03. The Balaban J connectivity index is 2.34. The van der Waals surface area contributed by atoms with Gasteiger partial charge >= 0.3 is 0 Å². The quantitative estimate of drug-likeness (QED) is 0.773. The average Bonchev–Trinajstić information content (AvgIpc) is 2.42. The zero-order valence-electron chi connectivity index (χ0n) is 10.9. The van der Waals surface area contributed by atoms with Crippen LogP contribution in [-0.4, -0.2) is 11.2 Å². The van der Waals surface area contributed by atoms with E-state index in [1.165, 1.54) is 0 Å². The first-order valence-electron chi connectivity index (χ1n) is 6.39. The number of unbranched alkanes of at least 4 members (excludes halogenated alkanes) is 1. The van der Waals surface area contributed by atoms with Gasteiger partial charge in [0.15, 0.2) is 0 Å². The molecule has 0 amide bonds. The van der Waals surface area contributed by atoms with E-state index in [9.17, 15) is 4.79 Å². The number of pyridine rings is 1. The number of benzene rings is 1. The normalized spacial score (nSPS) is 10.3. The molecule has 0 saturated carbocycles. The Labute approximate surface area is 111 Å². The van der Waals surface area contributed by atoms with E-state index < -0.39 is 0 Å². The maximum absolute atomic E-state index is 12.2. The molecule has 0 bridgehead atoms. The second-order valence-electron chi connectivity index (χ2n) is 4.26. The molecule has 4 nitrogen and oxygen atoms in total. The van der Waals surface area contributed by atoms with E-state index in [0.717, 1.165) is 11.1 Å². The number of fused-ring (bicyclic) bond motifs is 1. The van der Waals surface area contributed by atoms with Crippen LogP contribution in [0.3, 0.4) is 0 Å². The minimum Gasteiger partial charge on any atom is -0.494 e. The summed E-state index contributed by atoms with van der Waals surface area (Å²) in [6.07, 6.45) is 2.93. The minimum absolute atomic E-state index is 0.0153. The Hall–Kier alpha value is -2.28. The third kappa shape index (κ3) is 2.94. The van der Waals surface area contributed by atoms with Crippen LogP contribution in [0.25, 0.3) is 10.8 Å². The molecule has 0 fully saturated rings. The smallest absolute Gasteiger partial charge is 0.258 e.